The first-order valence-electron chi connectivity index (χ1n) is 4.72. The lowest BCUT2D eigenvalue weighted by atomic mass is 9.59. The van der Waals surface area contributed by atoms with Gasteiger partial charge in [-0.15, -0.1) is 0 Å². The molecular weight excluding hydrogens is 177 g/mol. The lowest BCUT2D eigenvalue weighted by Crippen LogP contribution is -2.27. The van der Waals surface area contributed by atoms with Crippen molar-refractivity contribution in [3.8, 4) is 0 Å². The molecule has 0 spiro atoms. The molecule has 1 rings (SSSR count). The number of allylic oxidation sites excluding steroid dienone is 1. The molecule has 0 aromatic heterocycles. The first-order chi connectivity index (χ1) is 6.36. The molecule has 0 N–H and O–H groups in total. The second-order valence-corrected chi connectivity index (χ2v) is 4.54. The van der Waals surface area contributed by atoms with Crippen LogP contribution in [0.25, 0.3) is 0 Å². The van der Waals surface area contributed by atoms with Gasteiger partial charge in [0.2, 0.25) is 7.28 Å². The van der Waals surface area contributed by atoms with Crippen LogP contribution in [0.15, 0.2) is 16.2 Å². The Morgan fingerprint density at radius 3 is 2.36 bits per heavy atom. The summed E-state index contributed by atoms with van der Waals surface area (Å²) in [4.78, 5) is 15.7. The van der Waals surface area contributed by atoms with Gasteiger partial charge in [0.25, 0.3) is 0 Å². The standard InChI is InChI=1S/C10H16BNO2/c1-6-7(8(13)14-5)11-9(12-6)10(2,3)4/h11H,1-5H3. The Kier molecular flexibility index (Phi) is 2.83. The quantitative estimate of drug-likeness (QED) is 0.464. The molecule has 1 heterocycles. The van der Waals surface area contributed by atoms with E-state index in [1.165, 1.54) is 7.11 Å². The van der Waals surface area contributed by atoms with Crippen LogP contribution >= 0.6 is 0 Å². The molecule has 0 aromatic rings. The van der Waals surface area contributed by atoms with Crippen molar-refractivity contribution in [3.63, 3.8) is 0 Å². The van der Waals surface area contributed by atoms with E-state index in [4.69, 9.17) is 4.74 Å². The molecule has 0 atom stereocenters. The highest BCUT2D eigenvalue weighted by Gasteiger charge is 2.29. The Balaban J connectivity index is 2.85. The van der Waals surface area contributed by atoms with Crippen molar-refractivity contribution in [3.05, 3.63) is 11.2 Å². The van der Waals surface area contributed by atoms with Gasteiger partial charge in [-0.3, -0.25) is 4.99 Å². The summed E-state index contributed by atoms with van der Waals surface area (Å²) in [5.41, 5.74) is 2.56. The number of carbonyl (C=O) groups is 1. The molecule has 0 bridgehead atoms. The molecule has 0 radical (unpaired) electrons. The molecule has 1 aliphatic heterocycles. The van der Waals surface area contributed by atoms with Crippen LogP contribution in [-0.4, -0.2) is 26.0 Å². The minimum absolute atomic E-state index is 0.0248. The van der Waals surface area contributed by atoms with Crippen LogP contribution in [0, 0.1) is 5.41 Å². The van der Waals surface area contributed by atoms with Crippen molar-refractivity contribution < 1.29 is 9.53 Å². The summed E-state index contributed by atoms with van der Waals surface area (Å²) in [7, 11) is 2.03. The monoisotopic (exact) mass is 193 g/mol. The molecule has 4 heteroatoms. The van der Waals surface area contributed by atoms with Crippen molar-refractivity contribution in [2.24, 2.45) is 10.4 Å². The summed E-state index contributed by atoms with van der Waals surface area (Å²) in [6.07, 6.45) is 0. The summed E-state index contributed by atoms with van der Waals surface area (Å²) in [5.74, 6) is -0.259. The molecular formula is C10H16BNO2. The summed E-state index contributed by atoms with van der Waals surface area (Å²) in [5, 5.41) is 0. The molecule has 0 saturated heterocycles. The minimum atomic E-state index is -0.259. The maximum atomic E-state index is 11.3. The maximum Gasteiger partial charge on any atom is 0.326 e. The fourth-order valence-electron chi connectivity index (χ4n) is 1.38. The van der Waals surface area contributed by atoms with Crippen LogP contribution in [0.2, 0.25) is 0 Å². The number of ether oxygens (including phenoxy) is 1. The SMILES string of the molecule is COC(=O)C1=C(C)N=C(C(C)(C)C)B1. The largest absolute Gasteiger partial charge is 0.466 e. The first-order valence-corrected chi connectivity index (χ1v) is 4.72. The summed E-state index contributed by atoms with van der Waals surface area (Å²) < 4.78 is 4.70. The second-order valence-electron chi connectivity index (χ2n) is 4.54. The van der Waals surface area contributed by atoms with Gasteiger partial charge in [-0.25, -0.2) is 4.79 Å². The lowest BCUT2D eigenvalue weighted by molar-refractivity contribution is -0.135. The van der Waals surface area contributed by atoms with Crippen LogP contribution in [0.5, 0.6) is 0 Å². The van der Waals surface area contributed by atoms with E-state index >= 15 is 0 Å². The van der Waals surface area contributed by atoms with Crippen LogP contribution in [-0.2, 0) is 9.53 Å². The van der Waals surface area contributed by atoms with Gasteiger partial charge in [0.1, 0.15) is 0 Å². The van der Waals surface area contributed by atoms with E-state index in [0.29, 0.717) is 12.8 Å². The molecule has 0 unspecified atom stereocenters. The van der Waals surface area contributed by atoms with Gasteiger partial charge >= 0.3 is 5.97 Å². The average molecular weight is 193 g/mol. The van der Waals surface area contributed by atoms with E-state index in [1.54, 1.807) is 0 Å². The molecule has 1 aliphatic rings. The molecule has 0 aromatic carbocycles. The molecule has 0 saturated carbocycles. The van der Waals surface area contributed by atoms with Crippen LogP contribution in [0.3, 0.4) is 0 Å². The van der Waals surface area contributed by atoms with Gasteiger partial charge < -0.3 is 4.74 Å². The van der Waals surface area contributed by atoms with E-state index in [-0.39, 0.29) is 11.4 Å². The zero-order valence-electron chi connectivity index (χ0n) is 9.47. The zero-order chi connectivity index (χ0) is 10.9. The third kappa shape index (κ3) is 2.06. The van der Waals surface area contributed by atoms with E-state index in [2.05, 4.69) is 25.8 Å². The second kappa shape index (κ2) is 3.60. The van der Waals surface area contributed by atoms with Crippen molar-refractivity contribution in [1.82, 2.24) is 0 Å². The van der Waals surface area contributed by atoms with Gasteiger partial charge in [0.15, 0.2) is 0 Å². The molecule has 14 heavy (non-hydrogen) atoms. The number of hydrogen-bond donors (Lipinski definition) is 0. The molecule has 3 nitrogen and oxygen atoms in total. The molecule has 0 fully saturated rings. The van der Waals surface area contributed by atoms with Gasteiger partial charge in [-0.1, -0.05) is 20.8 Å². The van der Waals surface area contributed by atoms with Gasteiger partial charge in [0, 0.05) is 11.2 Å². The highest BCUT2D eigenvalue weighted by atomic mass is 16.5. The number of rotatable bonds is 1. The third-order valence-corrected chi connectivity index (χ3v) is 2.38. The van der Waals surface area contributed by atoms with Gasteiger partial charge in [-0.05, 0) is 17.9 Å². The number of esters is 1. The predicted molar refractivity (Wildman–Crippen MR) is 58.8 cm³/mol. The van der Waals surface area contributed by atoms with E-state index in [0.717, 1.165) is 11.3 Å². The molecule has 76 valence electrons. The average Bonchev–Trinajstić information content (AvgIpc) is 2.45. The van der Waals surface area contributed by atoms with Crippen molar-refractivity contribution in [2.45, 2.75) is 27.7 Å². The van der Waals surface area contributed by atoms with E-state index < -0.39 is 0 Å². The number of aliphatic imine (C=N–C) groups is 1. The number of methoxy groups -OCH3 is 1. The Morgan fingerprint density at radius 2 is 2.00 bits per heavy atom. The Labute approximate surface area is 85.5 Å². The highest BCUT2D eigenvalue weighted by Crippen LogP contribution is 2.24. The molecule has 0 amide bonds. The van der Waals surface area contributed by atoms with Crippen molar-refractivity contribution >= 4 is 18.9 Å². The van der Waals surface area contributed by atoms with Gasteiger partial charge in [-0.2, -0.15) is 0 Å². The summed E-state index contributed by atoms with van der Waals surface area (Å²) in [6.45, 7) is 8.14. The summed E-state index contributed by atoms with van der Waals surface area (Å²) in [6, 6.07) is 0. The number of carbonyl (C=O) groups excluding carboxylic acids is 1. The minimum Gasteiger partial charge on any atom is -0.466 e. The zero-order valence-corrected chi connectivity index (χ0v) is 9.47. The van der Waals surface area contributed by atoms with Crippen LogP contribution in [0.4, 0.5) is 0 Å². The van der Waals surface area contributed by atoms with Crippen LogP contribution in [0.1, 0.15) is 27.7 Å². The Bertz CT molecular complexity index is 324. The number of nitrogens with zero attached hydrogens (tertiary/aromatic N) is 1. The van der Waals surface area contributed by atoms with E-state index in [9.17, 15) is 4.79 Å². The van der Waals surface area contributed by atoms with Crippen molar-refractivity contribution in [1.29, 1.82) is 0 Å². The first kappa shape index (κ1) is 11.0. The Morgan fingerprint density at radius 1 is 1.43 bits per heavy atom. The third-order valence-electron chi connectivity index (χ3n) is 2.38. The molecule has 0 aliphatic carbocycles. The van der Waals surface area contributed by atoms with E-state index in [1.807, 2.05) is 6.92 Å². The smallest absolute Gasteiger partial charge is 0.326 e. The summed E-state index contributed by atoms with van der Waals surface area (Å²) >= 11 is 0. The lowest BCUT2D eigenvalue weighted by Gasteiger charge is -2.18. The fourth-order valence-corrected chi connectivity index (χ4v) is 1.38. The number of hydrogen-bond acceptors (Lipinski definition) is 3. The predicted octanol–water partition coefficient (Wildman–Crippen LogP) is 1.29. The Hall–Kier alpha value is -1.06. The van der Waals surface area contributed by atoms with Gasteiger partial charge in [0.05, 0.1) is 7.11 Å². The van der Waals surface area contributed by atoms with Crippen LogP contribution < -0.4 is 0 Å². The highest BCUT2D eigenvalue weighted by molar-refractivity contribution is 6.86. The maximum absolute atomic E-state index is 11.3. The van der Waals surface area contributed by atoms with Crippen molar-refractivity contribution in [2.75, 3.05) is 7.11 Å². The fraction of sp³-hybridized carbons (Fsp3) is 0.600. The normalized spacial score (nSPS) is 16.5. The topological polar surface area (TPSA) is 38.7 Å².